The van der Waals surface area contributed by atoms with Gasteiger partial charge in [0.2, 0.25) is 5.89 Å². The smallest absolute Gasteiger partial charge is 0.213 e. The number of benzene rings is 1. The molecule has 3 rings (SSSR count). The van der Waals surface area contributed by atoms with Gasteiger partial charge in [-0.1, -0.05) is 45.1 Å². The second-order valence-electron chi connectivity index (χ2n) is 7.69. The van der Waals surface area contributed by atoms with Crippen LogP contribution in [0.3, 0.4) is 0 Å². The largest absolute Gasteiger partial charge is 0.443 e. The number of oxazole rings is 1. The summed E-state index contributed by atoms with van der Waals surface area (Å²) in [5, 5.41) is 6.60. The average Bonchev–Trinajstić information content (AvgIpc) is 3.34. The molecule has 0 saturated heterocycles. The number of aliphatic imine (C=N–C) groups is 1. The Bertz CT molecular complexity index is 808. The fourth-order valence-electron chi connectivity index (χ4n) is 2.86. The van der Waals surface area contributed by atoms with Crippen molar-refractivity contribution in [3.05, 3.63) is 59.8 Å². The lowest BCUT2D eigenvalue weighted by atomic mass is 9.94. The molecule has 6 heteroatoms. The van der Waals surface area contributed by atoms with Crippen LogP contribution in [0.4, 0.5) is 5.69 Å². The van der Waals surface area contributed by atoms with Crippen LogP contribution in [0.25, 0.3) is 0 Å². The highest BCUT2D eigenvalue weighted by Crippen LogP contribution is 2.22. The van der Waals surface area contributed by atoms with E-state index in [0.29, 0.717) is 19.0 Å². The molecule has 144 valence electrons. The molecule has 0 spiro atoms. The molecule has 0 atom stereocenters. The summed E-state index contributed by atoms with van der Waals surface area (Å²) in [4.78, 5) is 11.0. The van der Waals surface area contributed by atoms with Gasteiger partial charge in [-0.3, -0.25) is 4.99 Å². The lowest BCUT2D eigenvalue weighted by Gasteiger charge is -2.19. The number of nitrogens with zero attached hydrogens (tertiary/aromatic N) is 3. The molecule has 1 aromatic carbocycles. The maximum absolute atomic E-state index is 5.81. The third-order valence-corrected chi connectivity index (χ3v) is 4.48. The molecule has 0 radical (unpaired) electrons. The van der Waals surface area contributed by atoms with Crippen molar-refractivity contribution >= 4 is 11.6 Å². The van der Waals surface area contributed by atoms with Gasteiger partial charge in [-0.15, -0.1) is 0 Å². The molecule has 0 fully saturated rings. The lowest BCUT2D eigenvalue weighted by molar-refractivity contribution is 0.379. The molecule has 2 aromatic rings. The van der Waals surface area contributed by atoms with E-state index in [1.165, 1.54) is 11.3 Å². The van der Waals surface area contributed by atoms with Gasteiger partial charge in [0.05, 0.1) is 12.7 Å². The zero-order valence-corrected chi connectivity index (χ0v) is 16.6. The topological polar surface area (TPSA) is 65.7 Å². The summed E-state index contributed by atoms with van der Waals surface area (Å²) in [5.74, 6) is 2.26. The van der Waals surface area contributed by atoms with Crippen molar-refractivity contribution in [2.75, 3.05) is 25.0 Å². The molecule has 0 unspecified atom stereocenters. The highest BCUT2D eigenvalue weighted by molar-refractivity contribution is 5.79. The summed E-state index contributed by atoms with van der Waals surface area (Å²) in [5.41, 5.74) is 2.42. The predicted molar refractivity (Wildman–Crippen MR) is 110 cm³/mol. The minimum absolute atomic E-state index is 0.0406. The van der Waals surface area contributed by atoms with E-state index in [1.54, 1.807) is 13.2 Å². The third-order valence-electron chi connectivity index (χ3n) is 4.48. The van der Waals surface area contributed by atoms with Crippen LogP contribution < -0.4 is 15.5 Å². The second kappa shape index (κ2) is 8.29. The Kier molecular flexibility index (Phi) is 5.84. The number of hydrogen-bond acceptors (Lipinski definition) is 4. The van der Waals surface area contributed by atoms with Crippen LogP contribution in [-0.4, -0.2) is 31.1 Å². The maximum atomic E-state index is 5.81. The van der Waals surface area contributed by atoms with Gasteiger partial charge in [0.1, 0.15) is 5.76 Å². The van der Waals surface area contributed by atoms with Crippen LogP contribution in [0.5, 0.6) is 0 Å². The van der Waals surface area contributed by atoms with Crippen LogP contribution >= 0.6 is 0 Å². The molecule has 1 aliphatic rings. The summed E-state index contributed by atoms with van der Waals surface area (Å²) in [7, 11) is 1.76. The van der Waals surface area contributed by atoms with Crippen molar-refractivity contribution < 1.29 is 4.42 Å². The average molecular weight is 367 g/mol. The lowest BCUT2D eigenvalue weighted by Crippen LogP contribution is -2.36. The Morgan fingerprint density at radius 3 is 2.59 bits per heavy atom. The molecule has 1 aromatic heterocycles. The minimum Gasteiger partial charge on any atom is -0.443 e. The van der Waals surface area contributed by atoms with E-state index >= 15 is 0 Å². The third kappa shape index (κ3) is 5.12. The van der Waals surface area contributed by atoms with Crippen molar-refractivity contribution in [1.29, 1.82) is 0 Å². The predicted octanol–water partition coefficient (Wildman–Crippen LogP) is 3.21. The second-order valence-corrected chi connectivity index (χ2v) is 7.69. The fourth-order valence-corrected chi connectivity index (χ4v) is 2.86. The molecule has 0 saturated carbocycles. The number of hydrogen-bond donors (Lipinski definition) is 2. The monoisotopic (exact) mass is 367 g/mol. The first-order valence-electron chi connectivity index (χ1n) is 9.34. The van der Waals surface area contributed by atoms with Gasteiger partial charge in [-0.05, 0) is 17.7 Å². The van der Waals surface area contributed by atoms with E-state index in [1.807, 2.05) is 0 Å². The van der Waals surface area contributed by atoms with Crippen LogP contribution in [-0.2, 0) is 18.5 Å². The van der Waals surface area contributed by atoms with Crippen LogP contribution in [0, 0.1) is 0 Å². The van der Waals surface area contributed by atoms with E-state index < -0.39 is 0 Å². The summed E-state index contributed by atoms with van der Waals surface area (Å²) in [6.07, 6.45) is 6.20. The van der Waals surface area contributed by atoms with Gasteiger partial charge in [-0.2, -0.15) is 0 Å². The molecular formula is C21H29N5O. The van der Waals surface area contributed by atoms with Crippen LogP contribution in [0.1, 0.15) is 38.0 Å². The van der Waals surface area contributed by atoms with Gasteiger partial charge < -0.3 is 20.0 Å². The summed E-state index contributed by atoms with van der Waals surface area (Å²) in [6, 6.07) is 8.59. The van der Waals surface area contributed by atoms with Gasteiger partial charge >= 0.3 is 0 Å². The molecule has 2 heterocycles. The van der Waals surface area contributed by atoms with E-state index in [4.69, 9.17) is 4.42 Å². The summed E-state index contributed by atoms with van der Waals surface area (Å²) in [6.45, 7) is 9.48. The SMILES string of the molecule is CN=C(NCc1cccc(N2CC=CC2)c1)NCc1ncc(C(C)(C)C)o1. The van der Waals surface area contributed by atoms with Crippen molar-refractivity contribution in [1.82, 2.24) is 15.6 Å². The molecule has 0 bridgehead atoms. The first kappa shape index (κ1) is 19.0. The Hall–Kier alpha value is -2.76. The summed E-state index contributed by atoms with van der Waals surface area (Å²) >= 11 is 0. The molecule has 1 aliphatic heterocycles. The number of nitrogens with one attached hydrogen (secondary N) is 2. The first-order chi connectivity index (χ1) is 13.0. The van der Waals surface area contributed by atoms with Gasteiger partial charge in [0.15, 0.2) is 5.96 Å². The van der Waals surface area contributed by atoms with Crippen molar-refractivity contribution in [2.45, 2.75) is 39.3 Å². The summed E-state index contributed by atoms with van der Waals surface area (Å²) < 4.78 is 5.81. The van der Waals surface area contributed by atoms with E-state index in [0.717, 1.165) is 24.8 Å². The standard InChI is InChI=1S/C21H29N5O/c1-21(2,3)18-14-23-19(27-18)15-25-20(22-4)24-13-16-8-7-9-17(12-16)26-10-5-6-11-26/h5-9,12,14H,10-11,13,15H2,1-4H3,(H2,22,24,25). The Morgan fingerprint density at radius 1 is 1.19 bits per heavy atom. The Labute approximate surface area is 161 Å². The molecule has 0 aliphatic carbocycles. The van der Waals surface area contributed by atoms with Crippen LogP contribution in [0.15, 0.2) is 52.0 Å². The minimum atomic E-state index is -0.0406. The Balaban J connectivity index is 1.52. The number of anilines is 1. The number of aromatic nitrogens is 1. The highest BCUT2D eigenvalue weighted by atomic mass is 16.4. The molecule has 0 amide bonds. The van der Waals surface area contributed by atoms with Crippen molar-refractivity contribution in [3.8, 4) is 0 Å². The maximum Gasteiger partial charge on any atom is 0.213 e. The highest BCUT2D eigenvalue weighted by Gasteiger charge is 2.19. The van der Waals surface area contributed by atoms with E-state index in [2.05, 4.69) is 82.7 Å². The molecule has 6 nitrogen and oxygen atoms in total. The zero-order chi connectivity index (χ0) is 19.3. The molecular weight excluding hydrogens is 338 g/mol. The van der Waals surface area contributed by atoms with Crippen LogP contribution in [0.2, 0.25) is 0 Å². The van der Waals surface area contributed by atoms with Gasteiger partial charge in [0.25, 0.3) is 0 Å². The fraction of sp³-hybridized carbons (Fsp3) is 0.429. The normalized spacial score (nSPS) is 14.7. The molecule has 2 N–H and O–H groups in total. The number of guanidine groups is 1. The van der Waals surface area contributed by atoms with E-state index in [9.17, 15) is 0 Å². The van der Waals surface area contributed by atoms with Gasteiger partial charge in [0, 0.05) is 37.8 Å². The number of rotatable bonds is 5. The van der Waals surface area contributed by atoms with E-state index in [-0.39, 0.29) is 5.41 Å². The first-order valence-corrected chi connectivity index (χ1v) is 9.34. The van der Waals surface area contributed by atoms with Crippen molar-refractivity contribution in [3.63, 3.8) is 0 Å². The van der Waals surface area contributed by atoms with Crippen molar-refractivity contribution in [2.24, 2.45) is 4.99 Å². The zero-order valence-electron chi connectivity index (χ0n) is 16.6. The Morgan fingerprint density at radius 2 is 1.93 bits per heavy atom. The quantitative estimate of drug-likeness (QED) is 0.483. The van der Waals surface area contributed by atoms with Gasteiger partial charge in [-0.25, -0.2) is 4.98 Å². The molecule has 27 heavy (non-hydrogen) atoms.